The molecule has 0 radical (unpaired) electrons. The summed E-state index contributed by atoms with van der Waals surface area (Å²) in [5.41, 5.74) is 4.65. The van der Waals surface area contributed by atoms with Crippen LogP contribution >= 0.6 is 11.8 Å². The fraction of sp³-hybridized carbons (Fsp3) is 0.240. The second kappa shape index (κ2) is 8.65. The van der Waals surface area contributed by atoms with E-state index in [9.17, 15) is 4.79 Å². The number of thioether (sulfide) groups is 1. The third kappa shape index (κ3) is 3.89. The number of nitrogens with zero attached hydrogens (tertiary/aromatic N) is 2. The number of carbonyl (C=O) groups is 1. The molecule has 1 saturated heterocycles. The maximum Gasteiger partial charge on any atom is 0.262 e. The van der Waals surface area contributed by atoms with E-state index >= 15 is 0 Å². The summed E-state index contributed by atoms with van der Waals surface area (Å²) in [4.78, 5) is 18.9. The average molecular weight is 432 g/mol. The van der Waals surface area contributed by atoms with Gasteiger partial charge >= 0.3 is 0 Å². The van der Waals surface area contributed by atoms with Crippen molar-refractivity contribution in [2.45, 2.75) is 11.1 Å². The number of ether oxygens (including phenoxy) is 1. The van der Waals surface area contributed by atoms with Crippen LogP contribution < -0.4 is 15.1 Å². The molecule has 31 heavy (non-hydrogen) atoms. The van der Waals surface area contributed by atoms with Gasteiger partial charge in [-0.3, -0.25) is 9.69 Å². The largest absolute Gasteiger partial charge is 0.378 e. The van der Waals surface area contributed by atoms with E-state index in [0.29, 0.717) is 5.56 Å². The van der Waals surface area contributed by atoms with Gasteiger partial charge < -0.3 is 15.0 Å². The number of amides is 1. The smallest absolute Gasteiger partial charge is 0.262 e. The Labute approximate surface area is 187 Å². The molecule has 1 N–H and O–H groups in total. The number of anilines is 3. The number of nitrogens with one attached hydrogen (secondary N) is 1. The summed E-state index contributed by atoms with van der Waals surface area (Å²) >= 11 is 1.71. The maximum absolute atomic E-state index is 13.6. The summed E-state index contributed by atoms with van der Waals surface area (Å²) in [6.45, 7) is 3.28. The van der Waals surface area contributed by atoms with Crippen LogP contribution in [0.15, 0.2) is 77.7 Å². The fourth-order valence-electron chi connectivity index (χ4n) is 4.18. The van der Waals surface area contributed by atoms with Gasteiger partial charge in [-0.1, -0.05) is 24.3 Å². The average Bonchev–Trinajstić information content (AvgIpc) is 2.85. The van der Waals surface area contributed by atoms with E-state index in [2.05, 4.69) is 52.9 Å². The van der Waals surface area contributed by atoms with Gasteiger partial charge in [0, 0.05) is 35.0 Å². The number of benzene rings is 3. The molecule has 0 bridgehead atoms. The van der Waals surface area contributed by atoms with Gasteiger partial charge in [0.2, 0.25) is 0 Å². The first-order valence-electron chi connectivity index (χ1n) is 10.5. The Bertz CT molecular complexity index is 1060. The Hall–Kier alpha value is -2.96. The number of fused-ring (bicyclic) bond motifs is 1. The van der Waals surface area contributed by atoms with Gasteiger partial charge in [-0.15, -0.1) is 11.8 Å². The molecule has 6 heteroatoms. The minimum atomic E-state index is -0.271. The molecule has 0 saturated carbocycles. The van der Waals surface area contributed by atoms with Crippen LogP contribution in [0.25, 0.3) is 0 Å². The first-order chi connectivity index (χ1) is 15.2. The Kier molecular flexibility index (Phi) is 5.57. The Morgan fingerprint density at radius 1 is 0.903 bits per heavy atom. The molecule has 1 fully saturated rings. The lowest BCUT2D eigenvalue weighted by molar-refractivity contribution is 0.0975. The molecule has 2 heterocycles. The van der Waals surface area contributed by atoms with E-state index in [1.165, 1.54) is 4.90 Å². The minimum absolute atomic E-state index is 0.00687. The Morgan fingerprint density at radius 3 is 2.29 bits per heavy atom. The topological polar surface area (TPSA) is 44.8 Å². The van der Waals surface area contributed by atoms with E-state index in [1.54, 1.807) is 11.8 Å². The van der Waals surface area contributed by atoms with Crippen molar-refractivity contribution in [3.8, 4) is 0 Å². The van der Waals surface area contributed by atoms with E-state index in [4.69, 9.17) is 4.74 Å². The van der Waals surface area contributed by atoms with Crippen LogP contribution in [0.2, 0.25) is 0 Å². The molecule has 0 spiro atoms. The molecular weight excluding hydrogens is 406 g/mol. The molecule has 1 amide bonds. The van der Waals surface area contributed by atoms with Crippen molar-refractivity contribution in [2.75, 3.05) is 47.7 Å². The first-order valence-corrected chi connectivity index (χ1v) is 11.7. The number of carbonyl (C=O) groups excluding carboxylic acids is 1. The van der Waals surface area contributed by atoms with E-state index in [1.807, 2.05) is 41.3 Å². The molecule has 5 nitrogen and oxygen atoms in total. The summed E-state index contributed by atoms with van der Waals surface area (Å²) in [7, 11) is 0. The van der Waals surface area contributed by atoms with Gasteiger partial charge in [0.15, 0.2) is 0 Å². The van der Waals surface area contributed by atoms with Gasteiger partial charge in [0.05, 0.1) is 18.8 Å². The third-order valence-electron chi connectivity index (χ3n) is 5.86. The molecule has 3 aromatic carbocycles. The zero-order valence-electron chi connectivity index (χ0n) is 17.5. The SMILES string of the molecule is CSc1ccc([C@@H]2Nc3ccccc3C(=O)N2c2ccc(N3CCOCC3)cc2)cc1. The molecule has 158 valence electrons. The number of rotatable bonds is 4. The lowest BCUT2D eigenvalue weighted by atomic mass is 10.0. The van der Waals surface area contributed by atoms with Gasteiger partial charge in [-0.2, -0.15) is 0 Å². The summed E-state index contributed by atoms with van der Waals surface area (Å²) in [5.74, 6) is 0.00687. The van der Waals surface area contributed by atoms with Gasteiger partial charge in [0.25, 0.3) is 5.91 Å². The second-order valence-electron chi connectivity index (χ2n) is 7.66. The molecule has 3 aromatic rings. The lowest BCUT2D eigenvalue weighted by Crippen LogP contribution is -2.43. The fourth-order valence-corrected chi connectivity index (χ4v) is 4.59. The first kappa shape index (κ1) is 20.0. The summed E-state index contributed by atoms with van der Waals surface area (Å²) in [6.07, 6.45) is 1.79. The van der Waals surface area contributed by atoms with Crippen LogP contribution in [0, 0.1) is 0 Å². The third-order valence-corrected chi connectivity index (χ3v) is 6.61. The lowest BCUT2D eigenvalue weighted by Gasteiger charge is -2.38. The van der Waals surface area contributed by atoms with Crippen molar-refractivity contribution < 1.29 is 9.53 Å². The van der Waals surface area contributed by atoms with E-state index in [0.717, 1.165) is 48.9 Å². The zero-order chi connectivity index (χ0) is 21.2. The van der Waals surface area contributed by atoms with Crippen LogP contribution in [0.4, 0.5) is 17.1 Å². The van der Waals surface area contributed by atoms with Crippen LogP contribution in [-0.2, 0) is 4.74 Å². The van der Waals surface area contributed by atoms with Gasteiger partial charge in [0.1, 0.15) is 6.17 Å². The summed E-state index contributed by atoms with van der Waals surface area (Å²) in [6, 6.07) is 24.4. The van der Waals surface area contributed by atoms with E-state index < -0.39 is 0 Å². The highest BCUT2D eigenvalue weighted by Gasteiger charge is 2.34. The van der Waals surface area contributed by atoms with Gasteiger partial charge in [-0.05, 0) is 60.4 Å². The van der Waals surface area contributed by atoms with Crippen molar-refractivity contribution in [2.24, 2.45) is 0 Å². The maximum atomic E-state index is 13.6. The van der Waals surface area contributed by atoms with Crippen LogP contribution in [0.1, 0.15) is 22.1 Å². The second-order valence-corrected chi connectivity index (χ2v) is 8.54. The highest BCUT2D eigenvalue weighted by atomic mass is 32.2. The Morgan fingerprint density at radius 2 is 1.58 bits per heavy atom. The minimum Gasteiger partial charge on any atom is -0.378 e. The molecule has 2 aliphatic rings. The number of hydrogen-bond acceptors (Lipinski definition) is 5. The van der Waals surface area contributed by atoms with Crippen molar-refractivity contribution in [3.05, 3.63) is 83.9 Å². The monoisotopic (exact) mass is 431 g/mol. The number of hydrogen-bond donors (Lipinski definition) is 1. The quantitative estimate of drug-likeness (QED) is 0.588. The van der Waals surface area contributed by atoms with E-state index in [-0.39, 0.29) is 12.1 Å². The van der Waals surface area contributed by atoms with Crippen molar-refractivity contribution in [1.29, 1.82) is 0 Å². The standard InChI is InChI=1S/C25H25N3O2S/c1-31-21-12-6-18(7-13-21)24-26-23-5-3-2-4-22(23)25(29)28(24)20-10-8-19(9-11-20)27-14-16-30-17-15-27/h2-13,24,26H,14-17H2,1H3/t24-/m1/s1. The normalized spacial score (nSPS) is 18.5. The number of para-hydroxylation sites is 1. The van der Waals surface area contributed by atoms with Crippen LogP contribution in [-0.4, -0.2) is 38.5 Å². The highest BCUT2D eigenvalue weighted by molar-refractivity contribution is 7.98. The van der Waals surface area contributed by atoms with Crippen LogP contribution in [0.3, 0.4) is 0 Å². The molecule has 1 atom stereocenters. The summed E-state index contributed by atoms with van der Waals surface area (Å²) < 4.78 is 5.46. The molecule has 5 rings (SSSR count). The molecule has 0 aromatic heterocycles. The van der Waals surface area contributed by atoms with Crippen molar-refractivity contribution in [3.63, 3.8) is 0 Å². The van der Waals surface area contributed by atoms with Crippen molar-refractivity contribution >= 4 is 34.7 Å². The molecular formula is C25H25N3O2S. The number of morpholine rings is 1. The molecule has 0 aliphatic carbocycles. The molecule has 0 unspecified atom stereocenters. The van der Waals surface area contributed by atoms with Crippen molar-refractivity contribution in [1.82, 2.24) is 0 Å². The van der Waals surface area contributed by atoms with Gasteiger partial charge in [-0.25, -0.2) is 0 Å². The zero-order valence-corrected chi connectivity index (χ0v) is 18.3. The predicted octanol–water partition coefficient (Wildman–Crippen LogP) is 5.02. The summed E-state index contributed by atoms with van der Waals surface area (Å²) in [5, 5.41) is 3.58. The Balaban J connectivity index is 1.52. The molecule has 2 aliphatic heterocycles. The highest BCUT2D eigenvalue weighted by Crippen LogP contribution is 2.37. The predicted molar refractivity (Wildman–Crippen MR) is 127 cm³/mol. The van der Waals surface area contributed by atoms with Crippen LogP contribution in [0.5, 0.6) is 0 Å².